The Bertz CT molecular complexity index is 870. The van der Waals surface area contributed by atoms with Gasteiger partial charge < -0.3 is 9.84 Å². The molecule has 3 heteroatoms. The van der Waals surface area contributed by atoms with Gasteiger partial charge in [0.25, 0.3) is 0 Å². The number of esters is 1. The molecule has 0 aliphatic carbocycles. The molecule has 0 amide bonds. The molecule has 1 atom stereocenters. The molecule has 0 aromatic heterocycles. The van der Waals surface area contributed by atoms with E-state index in [2.05, 4.69) is 37.8 Å². The van der Waals surface area contributed by atoms with Gasteiger partial charge in [0.2, 0.25) is 0 Å². The Balaban J connectivity index is 2.18. The molecule has 3 nitrogen and oxygen atoms in total. The van der Waals surface area contributed by atoms with Crippen LogP contribution in [0, 0.1) is 5.41 Å². The fraction of sp³-hybridized carbons (Fsp3) is 0.444. The first-order valence-electron chi connectivity index (χ1n) is 10.7. The summed E-state index contributed by atoms with van der Waals surface area (Å²) in [5.74, 6) is 0.409. The summed E-state index contributed by atoms with van der Waals surface area (Å²) in [6, 6.07) is 14.2. The largest absolute Gasteiger partial charge is 0.508 e. The lowest BCUT2D eigenvalue weighted by Gasteiger charge is -2.31. The number of hydrogen-bond donors (Lipinski definition) is 1. The maximum absolute atomic E-state index is 12.7. The van der Waals surface area contributed by atoms with E-state index in [0.717, 1.165) is 29.5 Å². The van der Waals surface area contributed by atoms with Gasteiger partial charge in [-0.1, -0.05) is 49.4 Å². The van der Waals surface area contributed by atoms with Crippen molar-refractivity contribution in [3.8, 4) is 16.9 Å². The van der Waals surface area contributed by atoms with E-state index < -0.39 is 11.0 Å². The molecule has 0 spiro atoms. The predicted octanol–water partition coefficient (Wildman–Crippen LogP) is 7.04. The van der Waals surface area contributed by atoms with Crippen molar-refractivity contribution >= 4 is 5.97 Å². The molecule has 0 fully saturated rings. The van der Waals surface area contributed by atoms with E-state index in [0.29, 0.717) is 12.2 Å². The van der Waals surface area contributed by atoms with Crippen LogP contribution in [0.1, 0.15) is 71.4 Å². The van der Waals surface area contributed by atoms with Crippen molar-refractivity contribution in [1.82, 2.24) is 0 Å². The monoisotopic (exact) mass is 408 g/mol. The third kappa shape index (κ3) is 6.22. The van der Waals surface area contributed by atoms with E-state index in [9.17, 15) is 9.90 Å². The van der Waals surface area contributed by atoms with Crippen LogP contribution >= 0.6 is 0 Å². The van der Waals surface area contributed by atoms with E-state index in [1.165, 1.54) is 5.56 Å². The summed E-state index contributed by atoms with van der Waals surface area (Å²) in [6.07, 6.45) is 4.11. The Labute approximate surface area is 181 Å². The fourth-order valence-corrected chi connectivity index (χ4v) is 3.63. The van der Waals surface area contributed by atoms with Crippen LogP contribution in [0.3, 0.4) is 0 Å². The molecule has 1 N–H and O–H groups in total. The highest BCUT2D eigenvalue weighted by atomic mass is 16.6. The highest BCUT2D eigenvalue weighted by Gasteiger charge is 2.34. The summed E-state index contributed by atoms with van der Waals surface area (Å²) in [5, 5.41) is 10.2. The lowest BCUT2D eigenvalue weighted by molar-refractivity contribution is -0.166. The number of aromatic hydroxyl groups is 1. The highest BCUT2D eigenvalue weighted by Crippen LogP contribution is 2.37. The second-order valence-corrected chi connectivity index (χ2v) is 9.65. The molecule has 0 heterocycles. The van der Waals surface area contributed by atoms with E-state index >= 15 is 0 Å². The zero-order valence-electron chi connectivity index (χ0n) is 19.3. The lowest BCUT2D eigenvalue weighted by Crippen LogP contribution is -2.34. The van der Waals surface area contributed by atoms with Gasteiger partial charge in [0.15, 0.2) is 0 Å². The maximum atomic E-state index is 12.7. The van der Waals surface area contributed by atoms with Crippen LogP contribution in [0.25, 0.3) is 11.1 Å². The standard InChI is InChI=1S/C27H36O3/c1-8-10-22-15-16-23(17-24(22)28)21-13-11-20(12-14-21)19(9-2)18-27(6,7)25(29)30-26(3,4)5/h8,11-17,19,28H,1,9-10,18H2,2-7H3. The van der Waals surface area contributed by atoms with Crippen LogP contribution in [0.2, 0.25) is 0 Å². The summed E-state index contributed by atoms with van der Waals surface area (Å²) >= 11 is 0. The van der Waals surface area contributed by atoms with Crippen LogP contribution < -0.4 is 0 Å². The first kappa shape index (κ1) is 23.7. The fourth-order valence-electron chi connectivity index (χ4n) is 3.63. The molecular formula is C27H36O3. The van der Waals surface area contributed by atoms with Crippen molar-refractivity contribution in [2.45, 2.75) is 72.3 Å². The second-order valence-electron chi connectivity index (χ2n) is 9.65. The normalized spacial score (nSPS) is 13.0. The minimum atomic E-state index is -0.556. The third-order valence-corrected chi connectivity index (χ3v) is 5.37. The van der Waals surface area contributed by atoms with Crippen molar-refractivity contribution in [3.63, 3.8) is 0 Å². The lowest BCUT2D eigenvalue weighted by atomic mass is 9.78. The van der Waals surface area contributed by atoms with Crippen LogP contribution in [0.4, 0.5) is 0 Å². The average Bonchev–Trinajstić information content (AvgIpc) is 2.66. The Hall–Kier alpha value is -2.55. The zero-order valence-corrected chi connectivity index (χ0v) is 19.3. The van der Waals surface area contributed by atoms with Crippen molar-refractivity contribution in [1.29, 1.82) is 0 Å². The number of rotatable bonds is 8. The van der Waals surface area contributed by atoms with Crippen molar-refractivity contribution in [2.24, 2.45) is 5.41 Å². The molecule has 2 aromatic carbocycles. The van der Waals surface area contributed by atoms with Crippen molar-refractivity contribution in [2.75, 3.05) is 0 Å². The van der Waals surface area contributed by atoms with Gasteiger partial charge in [0, 0.05) is 0 Å². The van der Waals surface area contributed by atoms with Gasteiger partial charge in [-0.25, -0.2) is 0 Å². The van der Waals surface area contributed by atoms with E-state index in [1.54, 1.807) is 12.1 Å². The maximum Gasteiger partial charge on any atom is 0.312 e. The Morgan fingerprint density at radius 2 is 1.67 bits per heavy atom. The highest BCUT2D eigenvalue weighted by molar-refractivity contribution is 5.76. The quantitative estimate of drug-likeness (QED) is 0.376. The van der Waals surface area contributed by atoms with Gasteiger partial charge in [-0.05, 0) is 88.1 Å². The topological polar surface area (TPSA) is 46.5 Å². The van der Waals surface area contributed by atoms with E-state index in [-0.39, 0.29) is 11.9 Å². The molecule has 0 saturated carbocycles. The Morgan fingerprint density at radius 3 is 2.17 bits per heavy atom. The average molecular weight is 409 g/mol. The number of ether oxygens (including phenoxy) is 1. The SMILES string of the molecule is C=CCc1ccc(-c2ccc(C(CC)CC(C)(C)C(=O)OC(C)(C)C)cc2)cc1O. The van der Waals surface area contributed by atoms with Crippen molar-refractivity contribution in [3.05, 3.63) is 66.2 Å². The van der Waals surface area contributed by atoms with Gasteiger partial charge in [-0.3, -0.25) is 4.79 Å². The predicted molar refractivity (Wildman–Crippen MR) is 125 cm³/mol. The molecule has 30 heavy (non-hydrogen) atoms. The number of phenols is 1. The molecule has 0 aliphatic rings. The van der Waals surface area contributed by atoms with Crippen LogP contribution in [0.5, 0.6) is 5.75 Å². The van der Waals surface area contributed by atoms with Crippen LogP contribution in [-0.2, 0) is 16.0 Å². The molecule has 1 unspecified atom stereocenters. The molecule has 0 saturated heterocycles. The van der Waals surface area contributed by atoms with Gasteiger partial charge >= 0.3 is 5.97 Å². The van der Waals surface area contributed by atoms with Gasteiger partial charge in [0.05, 0.1) is 5.41 Å². The zero-order chi connectivity index (χ0) is 22.5. The van der Waals surface area contributed by atoms with Crippen molar-refractivity contribution < 1.29 is 14.6 Å². The first-order valence-corrected chi connectivity index (χ1v) is 10.7. The molecule has 0 radical (unpaired) electrons. The number of carbonyl (C=O) groups excluding carboxylic acids is 1. The van der Waals surface area contributed by atoms with Gasteiger partial charge in [0.1, 0.15) is 11.4 Å². The summed E-state index contributed by atoms with van der Waals surface area (Å²) in [6.45, 7) is 15.5. The van der Waals surface area contributed by atoms with Crippen LogP contribution in [-0.4, -0.2) is 16.7 Å². The summed E-state index contributed by atoms with van der Waals surface area (Å²) in [4.78, 5) is 12.7. The second kappa shape index (κ2) is 9.51. The summed E-state index contributed by atoms with van der Waals surface area (Å²) < 4.78 is 5.63. The molecule has 2 rings (SSSR count). The molecule has 162 valence electrons. The van der Waals surface area contributed by atoms with E-state index in [1.807, 2.05) is 46.8 Å². The van der Waals surface area contributed by atoms with Crippen LogP contribution in [0.15, 0.2) is 55.1 Å². The minimum absolute atomic E-state index is 0.153. The third-order valence-electron chi connectivity index (χ3n) is 5.37. The van der Waals surface area contributed by atoms with Gasteiger partial charge in [-0.2, -0.15) is 0 Å². The number of carbonyl (C=O) groups is 1. The number of phenolic OH excluding ortho intramolecular Hbond substituents is 1. The number of hydrogen-bond acceptors (Lipinski definition) is 3. The summed E-state index contributed by atoms with van der Waals surface area (Å²) in [7, 11) is 0. The minimum Gasteiger partial charge on any atom is -0.508 e. The molecule has 0 bridgehead atoms. The smallest absolute Gasteiger partial charge is 0.312 e. The van der Waals surface area contributed by atoms with Gasteiger partial charge in [-0.15, -0.1) is 6.58 Å². The van der Waals surface area contributed by atoms with E-state index in [4.69, 9.17) is 4.74 Å². The summed E-state index contributed by atoms with van der Waals surface area (Å²) in [5.41, 5.74) is 3.09. The number of benzene rings is 2. The Kier molecular flexibility index (Phi) is 7.52. The molecule has 2 aromatic rings. The first-order chi connectivity index (χ1) is 14.0. The Morgan fingerprint density at radius 1 is 1.07 bits per heavy atom. The number of allylic oxidation sites excluding steroid dienone is 1. The molecule has 0 aliphatic heterocycles. The molecular weight excluding hydrogens is 372 g/mol.